The van der Waals surface area contributed by atoms with Crippen LogP contribution in [0, 0.1) is 11.6 Å². The Morgan fingerprint density at radius 2 is 1.53 bits per heavy atom. The van der Waals surface area contributed by atoms with Crippen LogP contribution in [0.1, 0.15) is 22.0 Å². The molecule has 32 heavy (non-hydrogen) atoms. The maximum atomic E-state index is 13.6. The lowest BCUT2D eigenvalue weighted by Gasteiger charge is -2.18. The molecule has 3 N–H and O–H groups in total. The third kappa shape index (κ3) is 5.27. The second kappa shape index (κ2) is 9.56. The molecule has 0 saturated heterocycles. The molecule has 0 aromatic heterocycles. The van der Waals surface area contributed by atoms with Gasteiger partial charge in [0.05, 0.1) is 4.90 Å². The molecule has 0 aliphatic carbocycles. The van der Waals surface area contributed by atoms with Crippen molar-refractivity contribution in [3.63, 3.8) is 0 Å². The summed E-state index contributed by atoms with van der Waals surface area (Å²) in [6, 6.07) is 14.9. The molecule has 3 aromatic carbocycles. The van der Waals surface area contributed by atoms with Gasteiger partial charge in [-0.25, -0.2) is 17.2 Å². The van der Waals surface area contributed by atoms with Crippen molar-refractivity contribution in [3.8, 4) is 0 Å². The summed E-state index contributed by atoms with van der Waals surface area (Å²) in [6.07, 6.45) is 0. The van der Waals surface area contributed by atoms with Gasteiger partial charge in [-0.3, -0.25) is 14.3 Å². The van der Waals surface area contributed by atoms with Crippen LogP contribution in [0.4, 0.5) is 14.5 Å². The number of nitrogens with one attached hydrogen (secondary N) is 3. The Morgan fingerprint density at radius 1 is 0.875 bits per heavy atom. The first kappa shape index (κ1) is 22.9. The minimum Gasteiger partial charge on any atom is -0.357 e. The molecule has 166 valence electrons. The Kier molecular flexibility index (Phi) is 6.84. The van der Waals surface area contributed by atoms with Crippen LogP contribution < -0.4 is 15.4 Å². The van der Waals surface area contributed by atoms with Gasteiger partial charge in [-0.1, -0.05) is 24.3 Å². The highest BCUT2D eigenvalue weighted by atomic mass is 32.2. The van der Waals surface area contributed by atoms with Gasteiger partial charge in [-0.05, 0) is 54.1 Å². The predicted molar refractivity (Wildman–Crippen MR) is 114 cm³/mol. The second-order valence-electron chi connectivity index (χ2n) is 6.69. The maximum absolute atomic E-state index is 13.6. The van der Waals surface area contributed by atoms with Crippen molar-refractivity contribution >= 4 is 27.5 Å². The first-order valence-corrected chi connectivity index (χ1v) is 10.8. The number of hydrogen-bond donors (Lipinski definition) is 3. The average Bonchev–Trinajstić information content (AvgIpc) is 2.79. The van der Waals surface area contributed by atoms with Crippen LogP contribution in [0.25, 0.3) is 0 Å². The third-order valence-electron chi connectivity index (χ3n) is 4.51. The Bertz CT molecular complexity index is 1230. The molecule has 1 atom stereocenters. The van der Waals surface area contributed by atoms with Gasteiger partial charge in [0, 0.05) is 18.3 Å². The summed E-state index contributed by atoms with van der Waals surface area (Å²) in [7, 11) is -2.54. The fourth-order valence-electron chi connectivity index (χ4n) is 2.86. The zero-order valence-corrected chi connectivity index (χ0v) is 17.6. The van der Waals surface area contributed by atoms with E-state index in [4.69, 9.17) is 0 Å². The van der Waals surface area contributed by atoms with Crippen molar-refractivity contribution in [3.05, 3.63) is 95.6 Å². The first-order chi connectivity index (χ1) is 15.2. The van der Waals surface area contributed by atoms with Crippen LogP contribution in [0.2, 0.25) is 0 Å². The number of amides is 2. The van der Waals surface area contributed by atoms with Gasteiger partial charge in [0.2, 0.25) is 5.91 Å². The van der Waals surface area contributed by atoms with Crippen LogP contribution in [0.15, 0.2) is 77.7 Å². The molecular weight excluding hydrogens is 440 g/mol. The van der Waals surface area contributed by atoms with E-state index in [9.17, 15) is 26.8 Å². The number of carbonyl (C=O) groups is 2. The minimum absolute atomic E-state index is 0.0443. The molecule has 0 heterocycles. The van der Waals surface area contributed by atoms with Gasteiger partial charge in [-0.15, -0.1) is 0 Å². The van der Waals surface area contributed by atoms with Crippen molar-refractivity contribution in [2.45, 2.75) is 10.9 Å². The number of anilines is 1. The highest BCUT2D eigenvalue weighted by Gasteiger charge is 2.24. The van der Waals surface area contributed by atoms with Crippen LogP contribution in [0.3, 0.4) is 0 Å². The van der Waals surface area contributed by atoms with Gasteiger partial charge in [-0.2, -0.15) is 0 Å². The normalized spacial score (nSPS) is 12.0. The lowest BCUT2D eigenvalue weighted by atomic mass is 10.0. The average molecular weight is 459 g/mol. The fourth-order valence-corrected chi connectivity index (χ4v) is 3.92. The molecule has 0 saturated carbocycles. The third-order valence-corrected chi connectivity index (χ3v) is 5.91. The van der Waals surface area contributed by atoms with Gasteiger partial charge in [0.25, 0.3) is 15.9 Å². The van der Waals surface area contributed by atoms with Crippen molar-refractivity contribution < 1.29 is 26.8 Å². The van der Waals surface area contributed by atoms with Gasteiger partial charge in [0.15, 0.2) is 11.6 Å². The Morgan fingerprint density at radius 3 is 2.12 bits per heavy atom. The molecule has 0 bridgehead atoms. The van der Waals surface area contributed by atoms with Crippen molar-refractivity contribution in [2.24, 2.45) is 0 Å². The Hall–Kier alpha value is -3.79. The highest BCUT2D eigenvalue weighted by molar-refractivity contribution is 7.92. The van der Waals surface area contributed by atoms with Crippen LogP contribution >= 0.6 is 0 Å². The van der Waals surface area contributed by atoms with Crippen LogP contribution in [0.5, 0.6) is 0 Å². The van der Waals surface area contributed by atoms with Crippen LogP contribution in [-0.2, 0) is 14.8 Å². The van der Waals surface area contributed by atoms with E-state index in [0.29, 0.717) is 5.69 Å². The van der Waals surface area contributed by atoms with E-state index < -0.39 is 39.5 Å². The van der Waals surface area contributed by atoms with E-state index in [1.807, 2.05) is 0 Å². The number of halogens is 2. The van der Waals surface area contributed by atoms with Crippen LogP contribution in [-0.4, -0.2) is 27.3 Å². The molecule has 0 aliphatic heterocycles. The Balaban J connectivity index is 1.79. The molecule has 0 radical (unpaired) electrons. The molecule has 7 nitrogen and oxygen atoms in total. The van der Waals surface area contributed by atoms with Gasteiger partial charge in [0.1, 0.15) is 6.04 Å². The number of para-hydroxylation sites is 1. The van der Waals surface area contributed by atoms with E-state index in [0.717, 1.165) is 12.1 Å². The van der Waals surface area contributed by atoms with Gasteiger partial charge < -0.3 is 10.6 Å². The van der Waals surface area contributed by atoms with E-state index in [2.05, 4.69) is 15.4 Å². The molecule has 0 spiro atoms. The summed E-state index contributed by atoms with van der Waals surface area (Å²) < 4.78 is 54.3. The molecule has 3 rings (SSSR count). The summed E-state index contributed by atoms with van der Waals surface area (Å²) in [5, 5.41) is 4.79. The second-order valence-corrected chi connectivity index (χ2v) is 8.37. The number of hydrogen-bond acceptors (Lipinski definition) is 4. The smallest absolute Gasteiger partial charge is 0.261 e. The van der Waals surface area contributed by atoms with E-state index in [1.165, 1.54) is 37.4 Å². The summed E-state index contributed by atoms with van der Waals surface area (Å²) >= 11 is 0. The topological polar surface area (TPSA) is 104 Å². The fraction of sp³-hybridized carbons (Fsp3) is 0.0909. The quantitative estimate of drug-likeness (QED) is 0.505. The summed E-state index contributed by atoms with van der Waals surface area (Å²) in [6.45, 7) is 0. The molecule has 0 aliphatic rings. The largest absolute Gasteiger partial charge is 0.357 e. The lowest BCUT2D eigenvalue weighted by molar-refractivity contribution is -0.122. The standard InChI is InChI=1S/C22H19F2N3O4S/c1-25-22(29)20(15-9-12-18(23)19(24)13-15)26-21(28)14-7-10-17(11-8-14)32(30,31)27-16-5-3-2-4-6-16/h2-13,20,27H,1H3,(H,25,29)(H,26,28). The van der Waals surface area contributed by atoms with E-state index in [-0.39, 0.29) is 16.0 Å². The predicted octanol–water partition coefficient (Wildman–Crippen LogP) is 2.98. The van der Waals surface area contributed by atoms with Crippen molar-refractivity contribution in [2.75, 3.05) is 11.8 Å². The number of rotatable bonds is 7. The zero-order chi connectivity index (χ0) is 23.3. The monoisotopic (exact) mass is 459 g/mol. The number of likely N-dealkylation sites (N-methyl/N-ethyl adjacent to an activating group) is 1. The van der Waals surface area contributed by atoms with E-state index in [1.54, 1.807) is 30.3 Å². The number of sulfonamides is 1. The van der Waals surface area contributed by atoms with Gasteiger partial charge >= 0.3 is 0 Å². The molecular formula is C22H19F2N3O4S. The lowest BCUT2D eigenvalue weighted by Crippen LogP contribution is -2.39. The maximum Gasteiger partial charge on any atom is 0.261 e. The molecule has 0 fully saturated rings. The molecule has 10 heteroatoms. The highest BCUT2D eigenvalue weighted by Crippen LogP contribution is 2.19. The molecule has 3 aromatic rings. The summed E-state index contributed by atoms with van der Waals surface area (Å²) in [5.41, 5.74) is 0.497. The van der Waals surface area contributed by atoms with Crippen molar-refractivity contribution in [1.29, 1.82) is 0 Å². The number of benzene rings is 3. The Labute approximate surface area is 183 Å². The first-order valence-electron chi connectivity index (χ1n) is 9.36. The van der Waals surface area contributed by atoms with E-state index >= 15 is 0 Å². The molecule has 2 amide bonds. The SMILES string of the molecule is CNC(=O)C(NC(=O)c1ccc(S(=O)(=O)Nc2ccccc2)cc1)c1ccc(F)c(F)c1. The van der Waals surface area contributed by atoms with Crippen molar-refractivity contribution in [1.82, 2.24) is 10.6 Å². The molecule has 1 unspecified atom stereocenters. The minimum atomic E-state index is -3.87. The zero-order valence-electron chi connectivity index (χ0n) is 16.8. The number of carbonyl (C=O) groups excluding carboxylic acids is 2. The summed E-state index contributed by atoms with van der Waals surface area (Å²) in [5.74, 6) is -3.60. The summed E-state index contributed by atoms with van der Waals surface area (Å²) in [4.78, 5) is 24.8.